The number of halogens is 3. The van der Waals surface area contributed by atoms with Crippen LogP contribution in [0.5, 0.6) is 0 Å². The largest absolute Gasteiger partial charge is 0.644 e. The average molecular weight is 209 g/mol. The first kappa shape index (κ1) is 10.6. The molecule has 0 unspecified atom stereocenters. The van der Waals surface area contributed by atoms with Crippen LogP contribution in [0.2, 0.25) is 0 Å². The van der Waals surface area contributed by atoms with E-state index in [1.165, 1.54) is 4.24 Å². The van der Waals surface area contributed by atoms with Crippen molar-refractivity contribution in [3.8, 4) is 0 Å². The van der Waals surface area contributed by atoms with E-state index in [9.17, 15) is 13.2 Å². The van der Waals surface area contributed by atoms with Crippen LogP contribution in [0.15, 0.2) is 0 Å². The minimum absolute atomic E-state index is 0.147. The van der Waals surface area contributed by atoms with Crippen molar-refractivity contribution < 1.29 is 17.4 Å². The molecule has 0 atom stereocenters. The zero-order valence-electron chi connectivity index (χ0n) is 7.81. The molecule has 0 bridgehead atoms. The molecule has 1 rings (SSSR count). The van der Waals surface area contributed by atoms with Gasteiger partial charge in [-0.3, -0.25) is 8.81 Å². The van der Waals surface area contributed by atoms with E-state index in [2.05, 4.69) is 0 Å². The molecule has 13 heavy (non-hydrogen) atoms. The zero-order valence-corrected chi connectivity index (χ0v) is 8.81. The van der Waals surface area contributed by atoms with Crippen LogP contribution in [0.3, 0.4) is 0 Å². The topological polar surface area (TPSA) is 6.25 Å². The standard InChI is InChI=1S/C7H12F3N2Si/c1-5(2)12-6(3)11(13-12)4-7(8,9)10/h5H,4H2,1-3H3/q+1. The normalized spacial score (nSPS) is 18.2. The van der Waals surface area contributed by atoms with Crippen molar-refractivity contribution in [3.05, 3.63) is 0 Å². The van der Waals surface area contributed by atoms with Crippen molar-refractivity contribution in [1.82, 2.24) is 4.57 Å². The third-order valence-electron chi connectivity index (χ3n) is 1.82. The monoisotopic (exact) mass is 209 g/mol. The molecule has 74 valence electrons. The lowest BCUT2D eigenvalue weighted by Crippen LogP contribution is -2.59. The van der Waals surface area contributed by atoms with Gasteiger partial charge in [0.25, 0.3) is 0 Å². The second-order valence-electron chi connectivity index (χ2n) is 3.31. The van der Waals surface area contributed by atoms with Gasteiger partial charge in [-0.15, -0.1) is 0 Å². The molecule has 0 aromatic rings. The van der Waals surface area contributed by atoms with E-state index in [1.807, 2.05) is 18.4 Å². The number of nitrogens with zero attached hydrogens (tertiary/aromatic N) is 2. The molecule has 1 heterocycles. The summed E-state index contributed by atoms with van der Waals surface area (Å²) in [5, 5.41) is 0. The first-order valence-electron chi connectivity index (χ1n) is 4.04. The number of alkyl halides is 3. The molecule has 0 aromatic carbocycles. The second kappa shape index (κ2) is 3.32. The molecule has 0 aromatic heterocycles. The summed E-state index contributed by atoms with van der Waals surface area (Å²) in [5.41, 5.74) is 0. The Morgan fingerprint density at radius 1 is 1.46 bits per heavy atom. The predicted molar refractivity (Wildman–Crippen MR) is 44.6 cm³/mol. The van der Waals surface area contributed by atoms with Crippen molar-refractivity contribution in [2.75, 3.05) is 6.54 Å². The highest BCUT2D eigenvalue weighted by Crippen LogP contribution is 2.17. The maximum atomic E-state index is 12.0. The van der Waals surface area contributed by atoms with E-state index in [0.717, 1.165) is 5.84 Å². The van der Waals surface area contributed by atoms with Gasteiger partial charge in [-0.05, 0) is 13.8 Å². The summed E-state index contributed by atoms with van der Waals surface area (Å²) in [7, 11) is 0.147. The summed E-state index contributed by atoms with van der Waals surface area (Å²) < 4.78 is 39.2. The van der Waals surface area contributed by atoms with Gasteiger partial charge >= 0.3 is 16.0 Å². The quantitative estimate of drug-likeness (QED) is 0.620. The Labute approximate surface area is 78.0 Å². The predicted octanol–water partition coefficient (Wildman–Crippen LogP) is 1.24. The van der Waals surface area contributed by atoms with Gasteiger partial charge in [0, 0.05) is 6.92 Å². The molecular weight excluding hydrogens is 197 g/mol. The average Bonchev–Trinajstić information content (AvgIpc) is 1.94. The maximum Gasteiger partial charge on any atom is 0.644 e. The highest BCUT2D eigenvalue weighted by molar-refractivity contribution is 6.34. The summed E-state index contributed by atoms with van der Waals surface area (Å²) in [5.74, 6) is 0.727. The van der Waals surface area contributed by atoms with E-state index >= 15 is 0 Å². The van der Waals surface area contributed by atoms with Gasteiger partial charge in [0.15, 0.2) is 6.54 Å². The molecule has 0 aliphatic carbocycles. The highest BCUT2D eigenvalue weighted by atomic mass is 28.2. The summed E-state index contributed by atoms with van der Waals surface area (Å²) in [4.78, 5) is 0. The van der Waals surface area contributed by atoms with Gasteiger partial charge in [-0.2, -0.15) is 13.2 Å². The SMILES string of the molecule is CC1=[N+](CC(F)(F)F)[Si]N1C(C)C. The highest BCUT2D eigenvalue weighted by Gasteiger charge is 2.44. The Kier molecular flexibility index (Phi) is 2.70. The molecule has 0 spiro atoms. The van der Waals surface area contributed by atoms with Crippen LogP contribution in [0.4, 0.5) is 13.2 Å². The lowest BCUT2D eigenvalue weighted by Gasteiger charge is -2.29. The summed E-state index contributed by atoms with van der Waals surface area (Å²) in [6, 6.07) is 0.294. The molecule has 0 fully saturated rings. The zero-order chi connectivity index (χ0) is 10.2. The Bertz CT molecular complexity index is 234. The van der Waals surface area contributed by atoms with Gasteiger partial charge < -0.3 is 0 Å². The first-order chi connectivity index (χ1) is 5.81. The maximum absolute atomic E-state index is 12.0. The molecular formula is C7H12F3N2Si+. The molecule has 1 aliphatic heterocycles. The smallest absolute Gasteiger partial charge is 0.272 e. The lowest BCUT2D eigenvalue weighted by atomic mass is 10.4. The fraction of sp³-hybridized carbons (Fsp3) is 0.857. The molecule has 0 amide bonds. The fourth-order valence-electron chi connectivity index (χ4n) is 1.18. The van der Waals surface area contributed by atoms with Crippen LogP contribution in [-0.4, -0.2) is 43.2 Å². The Morgan fingerprint density at radius 3 is 2.31 bits per heavy atom. The minimum Gasteiger partial charge on any atom is -0.272 e. The molecule has 0 saturated heterocycles. The molecule has 1 aliphatic rings. The van der Waals surface area contributed by atoms with E-state index < -0.39 is 12.7 Å². The number of hydrogen-bond acceptors (Lipinski definition) is 1. The summed E-state index contributed by atoms with van der Waals surface area (Å²) in [6.07, 6.45) is -4.09. The number of amidine groups is 1. The third kappa shape index (κ3) is 2.46. The minimum atomic E-state index is -4.09. The van der Waals surface area contributed by atoms with E-state index in [0.29, 0.717) is 6.04 Å². The Morgan fingerprint density at radius 2 is 2.00 bits per heavy atom. The molecule has 2 nitrogen and oxygen atoms in total. The van der Waals surface area contributed by atoms with Gasteiger partial charge in [0.2, 0.25) is 5.84 Å². The molecule has 0 saturated carbocycles. The van der Waals surface area contributed by atoms with Crippen molar-refractivity contribution in [2.24, 2.45) is 0 Å². The van der Waals surface area contributed by atoms with Crippen LogP contribution in [-0.2, 0) is 0 Å². The van der Waals surface area contributed by atoms with Gasteiger partial charge in [-0.25, -0.2) is 0 Å². The lowest BCUT2D eigenvalue weighted by molar-refractivity contribution is -0.464. The molecule has 6 heteroatoms. The molecule has 0 N–H and O–H groups in total. The van der Waals surface area contributed by atoms with Crippen LogP contribution < -0.4 is 0 Å². The fourth-order valence-corrected chi connectivity index (χ4v) is 2.30. The van der Waals surface area contributed by atoms with Crippen molar-refractivity contribution >= 4 is 15.7 Å². The Balaban J connectivity index is 2.57. The number of hydrogen-bond donors (Lipinski definition) is 0. The van der Waals surface area contributed by atoms with Crippen LogP contribution in [0.25, 0.3) is 0 Å². The van der Waals surface area contributed by atoms with Crippen LogP contribution >= 0.6 is 0 Å². The first-order valence-corrected chi connectivity index (χ1v) is 4.94. The van der Waals surface area contributed by atoms with Crippen LogP contribution in [0.1, 0.15) is 20.8 Å². The van der Waals surface area contributed by atoms with Gasteiger partial charge in [-0.1, -0.05) is 0 Å². The van der Waals surface area contributed by atoms with Crippen molar-refractivity contribution in [3.63, 3.8) is 0 Å². The summed E-state index contributed by atoms with van der Waals surface area (Å²) >= 11 is 0. The number of rotatable bonds is 2. The Hall–Kier alpha value is -0.523. The summed E-state index contributed by atoms with van der Waals surface area (Å²) in [6.45, 7) is 4.85. The van der Waals surface area contributed by atoms with Crippen molar-refractivity contribution in [1.29, 1.82) is 0 Å². The third-order valence-corrected chi connectivity index (χ3v) is 3.60. The van der Waals surface area contributed by atoms with Crippen molar-refractivity contribution in [2.45, 2.75) is 33.0 Å². The van der Waals surface area contributed by atoms with Crippen LogP contribution in [0, 0.1) is 0 Å². The van der Waals surface area contributed by atoms with Gasteiger partial charge in [0.1, 0.15) is 0 Å². The van der Waals surface area contributed by atoms with E-state index in [4.69, 9.17) is 0 Å². The van der Waals surface area contributed by atoms with E-state index in [1.54, 1.807) is 6.92 Å². The van der Waals surface area contributed by atoms with Gasteiger partial charge in [0.05, 0.1) is 6.04 Å². The second-order valence-corrected chi connectivity index (χ2v) is 4.53. The van der Waals surface area contributed by atoms with E-state index in [-0.39, 0.29) is 9.84 Å². The molecule has 2 radical (unpaired) electrons.